The van der Waals surface area contributed by atoms with E-state index in [0.29, 0.717) is 0 Å². The normalized spacial score (nSPS) is 13.9. The summed E-state index contributed by atoms with van der Waals surface area (Å²) in [5.74, 6) is -2.20. The first-order valence-electron chi connectivity index (χ1n) is 12.0. The molecule has 2 atom stereocenters. The summed E-state index contributed by atoms with van der Waals surface area (Å²) in [4.78, 5) is 25.7. The van der Waals surface area contributed by atoms with Crippen molar-refractivity contribution in [2.75, 3.05) is 25.7 Å². The predicted molar refractivity (Wildman–Crippen MR) is 139 cm³/mol. The molecule has 0 aliphatic rings. The number of hydrogen-bond acceptors (Lipinski definition) is 9. The first-order chi connectivity index (χ1) is 17.7. The van der Waals surface area contributed by atoms with Crippen molar-refractivity contribution in [1.82, 2.24) is 5.09 Å². The highest BCUT2D eigenvalue weighted by atomic mass is 31.2. The highest BCUT2D eigenvalue weighted by Crippen LogP contribution is 2.61. The number of rotatable bonds is 17. The average molecular weight is 556 g/mol. The van der Waals surface area contributed by atoms with Gasteiger partial charge >= 0.3 is 19.5 Å². The minimum absolute atomic E-state index is 0.00153. The van der Waals surface area contributed by atoms with E-state index in [1.165, 1.54) is 0 Å². The van der Waals surface area contributed by atoms with Crippen LogP contribution in [0.5, 0.6) is 0 Å². The van der Waals surface area contributed by atoms with Gasteiger partial charge < -0.3 is 23.0 Å². The van der Waals surface area contributed by atoms with Crippen molar-refractivity contribution in [2.24, 2.45) is 0 Å². The molecule has 0 radical (unpaired) electrons. The topological polar surface area (TPSA) is 126 Å². The fourth-order valence-corrected chi connectivity index (χ4v) is 8.43. The van der Waals surface area contributed by atoms with E-state index in [2.05, 4.69) is 5.09 Å². The van der Waals surface area contributed by atoms with Crippen molar-refractivity contribution in [3.63, 3.8) is 0 Å². The molecule has 0 aromatic heterocycles. The molecule has 2 aromatic carbocycles. The zero-order valence-electron chi connectivity index (χ0n) is 21.4. The van der Waals surface area contributed by atoms with Gasteiger partial charge in [-0.05, 0) is 31.9 Å². The molecule has 0 heterocycles. The second kappa shape index (κ2) is 15.8. The molecule has 10 nitrogen and oxygen atoms in total. The Morgan fingerprint density at radius 1 is 0.757 bits per heavy atom. The summed E-state index contributed by atoms with van der Waals surface area (Å²) in [5.41, 5.74) is 1.49. The highest BCUT2D eigenvalue weighted by Gasteiger charge is 2.41. The number of nitrogens with one attached hydrogen (secondary N) is 1. The maximum atomic E-state index is 13.7. The third-order valence-corrected chi connectivity index (χ3v) is 10.4. The van der Waals surface area contributed by atoms with Gasteiger partial charge in [0.1, 0.15) is 25.2 Å². The SMILES string of the molecule is CCOP(=O)(CP(=O)(OCC)OCC)N[C@@H](CC(=O)OCc1ccccc1)C(=O)OCc1ccccc1. The van der Waals surface area contributed by atoms with Crippen LogP contribution in [-0.4, -0.2) is 43.7 Å². The minimum Gasteiger partial charge on any atom is -0.461 e. The Balaban J connectivity index is 2.20. The Kier molecular flexibility index (Phi) is 13.2. The highest BCUT2D eigenvalue weighted by molar-refractivity contribution is 7.72. The van der Waals surface area contributed by atoms with E-state index in [4.69, 9.17) is 23.0 Å². The van der Waals surface area contributed by atoms with Crippen LogP contribution in [-0.2, 0) is 55.0 Å². The number of esters is 2. The zero-order chi connectivity index (χ0) is 27.2. The monoisotopic (exact) mass is 555 g/mol. The lowest BCUT2D eigenvalue weighted by Gasteiger charge is -2.27. The molecule has 0 saturated heterocycles. The zero-order valence-corrected chi connectivity index (χ0v) is 23.2. The number of ether oxygens (including phenoxy) is 2. The van der Waals surface area contributed by atoms with Gasteiger partial charge in [-0.15, -0.1) is 0 Å². The third-order valence-electron chi connectivity index (χ3n) is 4.82. The fourth-order valence-electron chi connectivity index (χ4n) is 3.28. The number of carbonyl (C=O) groups is 2. The van der Waals surface area contributed by atoms with Crippen LogP contribution in [0.3, 0.4) is 0 Å². The van der Waals surface area contributed by atoms with Gasteiger partial charge in [-0.2, -0.15) is 0 Å². The molecule has 37 heavy (non-hydrogen) atoms. The molecule has 1 N–H and O–H groups in total. The van der Waals surface area contributed by atoms with Crippen LogP contribution in [0.1, 0.15) is 38.3 Å². The molecule has 0 saturated carbocycles. The van der Waals surface area contributed by atoms with Crippen molar-refractivity contribution < 1.29 is 41.8 Å². The van der Waals surface area contributed by atoms with Crippen molar-refractivity contribution in [1.29, 1.82) is 0 Å². The van der Waals surface area contributed by atoms with Gasteiger partial charge in [-0.1, -0.05) is 60.7 Å². The average Bonchev–Trinajstić information content (AvgIpc) is 2.87. The lowest BCUT2D eigenvalue weighted by atomic mass is 10.2. The number of hydrogen-bond donors (Lipinski definition) is 1. The van der Waals surface area contributed by atoms with Crippen LogP contribution in [0.15, 0.2) is 60.7 Å². The Labute approximate surface area is 218 Å². The molecule has 1 unspecified atom stereocenters. The van der Waals surface area contributed by atoms with E-state index < -0.39 is 45.4 Å². The summed E-state index contributed by atoms with van der Waals surface area (Å²) in [6.07, 6.45) is -0.495. The lowest BCUT2D eigenvalue weighted by Crippen LogP contribution is -2.39. The number of carbonyl (C=O) groups excluding carboxylic acids is 2. The van der Waals surface area contributed by atoms with E-state index in [-0.39, 0.29) is 33.0 Å². The molecule has 2 rings (SSSR count). The molecular weight excluding hydrogens is 520 g/mol. The van der Waals surface area contributed by atoms with E-state index in [1.54, 1.807) is 57.2 Å². The van der Waals surface area contributed by atoms with Crippen LogP contribution in [0.25, 0.3) is 0 Å². The largest absolute Gasteiger partial charge is 0.461 e. The molecule has 0 bridgehead atoms. The molecule has 0 fully saturated rings. The van der Waals surface area contributed by atoms with Gasteiger partial charge in [-0.25, -0.2) is 5.09 Å². The van der Waals surface area contributed by atoms with E-state index >= 15 is 0 Å². The molecule has 0 aliphatic carbocycles. The molecule has 0 amide bonds. The van der Waals surface area contributed by atoms with Gasteiger partial charge in [0.15, 0.2) is 0 Å². The third kappa shape index (κ3) is 11.3. The molecular formula is C25H35NO9P2. The van der Waals surface area contributed by atoms with Crippen molar-refractivity contribution in [2.45, 2.75) is 46.4 Å². The summed E-state index contributed by atoms with van der Waals surface area (Å²) in [6.45, 7) is 4.86. The van der Waals surface area contributed by atoms with Crippen molar-refractivity contribution in [3.05, 3.63) is 71.8 Å². The van der Waals surface area contributed by atoms with Crippen LogP contribution < -0.4 is 5.09 Å². The second-order valence-electron chi connectivity index (χ2n) is 7.80. The predicted octanol–water partition coefficient (Wildman–Crippen LogP) is 5.27. The molecule has 0 spiro atoms. The van der Waals surface area contributed by atoms with Gasteiger partial charge in [0.05, 0.1) is 26.2 Å². The first-order valence-corrected chi connectivity index (χ1v) is 15.6. The van der Waals surface area contributed by atoms with Gasteiger partial charge in [0, 0.05) is 0 Å². The van der Waals surface area contributed by atoms with Gasteiger partial charge in [0.2, 0.25) is 0 Å². The quantitative estimate of drug-likeness (QED) is 0.204. The van der Waals surface area contributed by atoms with Crippen LogP contribution in [0.2, 0.25) is 0 Å². The van der Waals surface area contributed by atoms with E-state index in [0.717, 1.165) is 11.1 Å². The smallest absolute Gasteiger partial charge is 0.341 e. The Morgan fingerprint density at radius 2 is 1.24 bits per heavy atom. The lowest BCUT2D eigenvalue weighted by molar-refractivity contribution is -0.153. The van der Waals surface area contributed by atoms with Crippen LogP contribution in [0.4, 0.5) is 0 Å². The van der Waals surface area contributed by atoms with Crippen LogP contribution in [0, 0.1) is 0 Å². The molecule has 204 valence electrons. The fraction of sp³-hybridized carbons (Fsp3) is 0.440. The summed E-state index contributed by atoms with van der Waals surface area (Å²) in [7, 11) is -7.84. The van der Waals surface area contributed by atoms with Crippen molar-refractivity contribution >= 4 is 27.1 Å². The number of benzene rings is 2. The Hall–Kier alpha value is -2.32. The first kappa shape index (κ1) is 30.9. The Bertz CT molecular complexity index is 1060. The van der Waals surface area contributed by atoms with Gasteiger partial charge in [-0.3, -0.25) is 18.7 Å². The van der Waals surface area contributed by atoms with Gasteiger partial charge in [0.25, 0.3) is 7.52 Å². The summed E-state index contributed by atoms with van der Waals surface area (Å²) in [6, 6.07) is 16.6. The summed E-state index contributed by atoms with van der Waals surface area (Å²) in [5, 5.41) is 2.59. The van der Waals surface area contributed by atoms with Crippen LogP contribution >= 0.6 is 15.1 Å². The second-order valence-corrected chi connectivity index (χ2v) is 12.5. The molecule has 0 aliphatic heterocycles. The maximum absolute atomic E-state index is 13.7. The molecule has 2 aromatic rings. The van der Waals surface area contributed by atoms with E-state index in [9.17, 15) is 18.7 Å². The minimum atomic E-state index is -4.01. The standard InChI is InChI=1S/C25H35NO9P2/c1-4-33-36(29,20-37(30,34-5-2)35-6-3)26-23(25(28)32-19-22-15-11-8-12-16-22)17-24(27)31-18-21-13-9-7-10-14-21/h7-16,23H,4-6,17-20H2,1-3H3,(H,26,29)/t23-,36?/m0/s1. The summed E-state index contributed by atoms with van der Waals surface area (Å²) < 4.78 is 53.4. The Morgan fingerprint density at radius 3 is 1.73 bits per heavy atom. The summed E-state index contributed by atoms with van der Waals surface area (Å²) >= 11 is 0. The molecule has 12 heteroatoms. The van der Waals surface area contributed by atoms with Crippen molar-refractivity contribution in [3.8, 4) is 0 Å². The maximum Gasteiger partial charge on any atom is 0.341 e. The van der Waals surface area contributed by atoms with E-state index in [1.807, 2.05) is 24.3 Å².